The third-order valence-electron chi connectivity index (χ3n) is 2.84. The first-order valence-electron chi connectivity index (χ1n) is 6.44. The van der Waals surface area contributed by atoms with Gasteiger partial charge in [0.05, 0.1) is 0 Å². The third kappa shape index (κ3) is 3.58. The van der Waals surface area contributed by atoms with Crippen molar-refractivity contribution < 1.29 is 4.52 Å². The van der Waals surface area contributed by atoms with Gasteiger partial charge in [-0.1, -0.05) is 30.6 Å². The largest absolute Gasteiger partial charge is 0.399 e. The zero-order valence-electron chi connectivity index (χ0n) is 10.7. The quantitative estimate of drug-likeness (QED) is 0.795. The van der Waals surface area contributed by atoms with Gasteiger partial charge in [0.15, 0.2) is 5.82 Å². The summed E-state index contributed by atoms with van der Waals surface area (Å²) in [4.78, 5) is 4.38. The van der Waals surface area contributed by atoms with Gasteiger partial charge in [0.1, 0.15) is 0 Å². The molecule has 4 nitrogen and oxygen atoms in total. The number of hydrogen-bond acceptors (Lipinski definition) is 4. The highest BCUT2D eigenvalue weighted by Gasteiger charge is 2.06. The summed E-state index contributed by atoms with van der Waals surface area (Å²) in [5.74, 6) is 1.53. The highest BCUT2D eigenvalue weighted by molar-refractivity contribution is 5.40. The topological polar surface area (TPSA) is 64.9 Å². The van der Waals surface area contributed by atoms with Gasteiger partial charge in [-0.25, -0.2) is 0 Å². The van der Waals surface area contributed by atoms with E-state index in [0.29, 0.717) is 5.89 Å². The molecule has 0 unspecified atom stereocenters. The first-order chi connectivity index (χ1) is 8.78. The Labute approximate surface area is 107 Å². The molecule has 1 aromatic carbocycles. The molecular formula is C14H19N3O. The first-order valence-corrected chi connectivity index (χ1v) is 6.44. The molecule has 2 rings (SSSR count). The minimum Gasteiger partial charge on any atom is -0.399 e. The Hall–Kier alpha value is -1.84. The maximum atomic E-state index is 5.74. The Kier molecular flexibility index (Phi) is 4.34. The van der Waals surface area contributed by atoms with E-state index in [1.807, 2.05) is 18.2 Å². The van der Waals surface area contributed by atoms with Crippen molar-refractivity contribution in [2.75, 3.05) is 5.73 Å². The highest BCUT2D eigenvalue weighted by Crippen LogP contribution is 2.10. The predicted octanol–water partition coefficient (Wildman–Crippen LogP) is 2.78. The van der Waals surface area contributed by atoms with Crippen molar-refractivity contribution >= 4 is 5.69 Å². The van der Waals surface area contributed by atoms with Crippen LogP contribution in [-0.2, 0) is 19.3 Å². The molecule has 0 aliphatic heterocycles. The Bertz CT molecular complexity index is 493. The molecule has 0 aliphatic carbocycles. The molecule has 0 fully saturated rings. The molecule has 0 amide bonds. The van der Waals surface area contributed by atoms with E-state index in [4.69, 9.17) is 10.3 Å². The van der Waals surface area contributed by atoms with Crippen LogP contribution < -0.4 is 5.73 Å². The van der Waals surface area contributed by atoms with E-state index < -0.39 is 0 Å². The molecule has 4 heteroatoms. The van der Waals surface area contributed by atoms with Crippen LogP contribution in [0.4, 0.5) is 5.69 Å². The van der Waals surface area contributed by atoms with E-state index in [1.54, 1.807) is 0 Å². The minimum atomic E-state index is 0.712. The number of unbranched alkanes of at least 4 members (excludes halogenated alkanes) is 1. The maximum Gasteiger partial charge on any atom is 0.226 e. The molecule has 0 atom stereocenters. The molecular weight excluding hydrogens is 226 g/mol. The predicted molar refractivity (Wildman–Crippen MR) is 71.2 cm³/mol. The van der Waals surface area contributed by atoms with Gasteiger partial charge in [-0.3, -0.25) is 0 Å². The zero-order valence-corrected chi connectivity index (χ0v) is 10.7. The van der Waals surface area contributed by atoms with E-state index in [-0.39, 0.29) is 0 Å². The number of aryl methyl sites for hydroxylation is 3. The van der Waals surface area contributed by atoms with E-state index in [0.717, 1.165) is 43.6 Å². The van der Waals surface area contributed by atoms with Gasteiger partial charge >= 0.3 is 0 Å². The lowest BCUT2D eigenvalue weighted by Gasteiger charge is -1.99. The Morgan fingerprint density at radius 2 is 2.11 bits per heavy atom. The summed E-state index contributed by atoms with van der Waals surface area (Å²) in [6.45, 7) is 2.15. The van der Waals surface area contributed by atoms with Gasteiger partial charge in [-0.05, 0) is 30.5 Å². The van der Waals surface area contributed by atoms with Crippen molar-refractivity contribution in [3.63, 3.8) is 0 Å². The van der Waals surface area contributed by atoms with Crippen LogP contribution >= 0.6 is 0 Å². The fourth-order valence-electron chi connectivity index (χ4n) is 1.83. The molecule has 0 bridgehead atoms. The van der Waals surface area contributed by atoms with Gasteiger partial charge in [-0.2, -0.15) is 4.98 Å². The van der Waals surface area contributed by atoms with Crippen LogP contribution in [0, 0.1) is 0 Å². The van der Waals surface area contributed by atoms with Crippen molar-refractivity contribution in [1.82, 2.24) is 10.1 Å². The van der Waals surface area contributed by atoms with Crippen LogP contribution in [0.2, 0.25) is 0 Å². The number of benzene rings is 1. The lowest BCUT2D eigenvalue weighted by molar-refractivity contribution is 0.372. The molecule has 96 valence electrons. The molecule has 1 heterocycles. The van der Waals surface area contributed by atoms with Crippen molar-refractivity contribution in [2.24, 2.45) is 0 Å². The number of rotatable bonds is 6. The number of hydrogen-bond donors (Lipinski definition) is 1. The molecule has 0 saturated carbocycles. The summed E-state index contributed by atoms with van der Waals surface area (Å²) in [5.41, 5.74) is 7.73. The SMILES string of the molecule is CCCCc1noc(CCc2cccc(N)c2)n1. The van der Waals surface area contributed by atoms with Crippen LogP contribution in [0.15, 0.2) is 28.8 Å². The molecule has 0 aliphatic rings. The first kappa shape index (κ1) is 12.6. The molecule has 2 N–H and O–H groups in total. The van der Waals surface area contributed by atoms with Crippen LogP contribution in [0.1, 0.15) is 37.0 Å². The van der Waals surface area contributed by atoms with Gasteiger partial charge in [0, 0.05) is 18.5 Å². The number of aromatic nitrogens is 2. The van der Waals surface area contributed by atoms with E-state index in [1.165, 1.54) is 5.56 Å². The number of nitrogens with zero attached hydrogens (tertiary/aromatic N) is 2. The van der Waals surface area contributed by atoms with Crippen LogP contribution in [0.25, 0.3) is 0 Å². The van der Waals surface area contributed by atoms with E-state index in [2.05, 4.69) is 23.1 Å². The van der Waals surface area contributed by atoms with Crippen LogP contribution in [-0.4, -0.2) is 10.1 Å². The fourth-order valence-corrected chi connectivity index (χ4v) is 1.83. The second kappa shape index (κ2) is 6.19. The summed E-state index contributed by atoms with van der Waals surface area (Å²) in [5, 5.41) is 3.97. The van der Waals surface area contributed by atoms with Crippen molar-refractivity contribution in [1.29, 1.82) is 0 Å². The molecule has 2 aromatic rings. The zero-order chi connectivity index (χ0) is 12.8. The lowest BCUT2D eigenvalue weighted by atomic mass is 10.1. The normalized spacial score (nSPS) is 10.7. The standard InChI is InChI=1S/C14H19N3O/c1-2-3-7-13-16-14(18-17-13)9-8-11-5-4-6-12(15)10-11/h4-6,10H,2-3,7-9,15H2,1H3. The second-order valence-corrected chi connectivity index (χ2v) is 4.45. The lowest BCUT2D eigenvalue weighted by Crippen LogP contribution is -1.94. The molecule has 0 radical (unpaired) electrons. The highest BCUT2D eigenvalue weighted by atomic mass is 16.5. The number of nitrogen functional groups attached to an aromatic ring is 1. The van der Waals surface area contributed by atoms with Crippen LogP contribution in [0.5, 0.6) is 0 Å². The summed E-state index contributed by atoms with van der Waals surface area (Å²) < 4.78 is 5.22. The number of anilines is 1. The third-order valence-corrected chi connectivity index (χ3v) is 2.84. The number of nitrogens with two attached hydrogens (primary N) is 1. The monoisotopic (exact) mass is 245 g/mol. The smallest absolute Gasteiger partial charge is 0.226 e. The summed E-state index contributed by atoms with van der Waals surface area (Å²) in [6, 6.07) is 7.89. The minimum absolute atomic E-state index is 0.712. The second-order valence-electron chi connectivity index (χ2n) is 4.45. The average molecular weight is 245 g/mol. The maximum absolute atomic E-state index is 5.74. The molecule has 0 spiro atoms. The van der Waals surface area contributed by atoms with E-state index >= 15 is 0 Å². The summed E-state index contributed by atoms with van der Waals surface area (Å²) in [6.07, 6.45) is 4.79. The Balaban J connectivity index is 1.88. The Morgan fingerprint density at radius 1 is 1.22 bits per heavy atom. The van der Waals surface area contributed by atoms with Crippen molar-refractivity contribution in [3.8, 4) is 0 Å². The van der Waals surface area contributed by atoms with E-state index in [9.17, 15) is 0 Å². The van der Waals surface area contributed by atoms with Gasteiger partial charge in [-0.15, -0.1) is 0 Å². The molecule has 0 saturated heterocycles. The van der Waals surface area contributed by atoms with Crippen molar-refractivity contribution in [3.05, 3.63) is 41.5 Å². The average Bonchev–Trinajstić information content (AvgIpc) is 2.82. The molecule has 18 heavy (non-hydrogen) atoms. The van der Waals surface area contributed by atoms with Gasteiger partial charge < -0.3 is 10.3 Å². The Morgan fingerprint density at radius 3 is 2.89 bits per heavy atom. The van der Waals surface area contributed by atoms with Crippen molar-refractivity contribution in [2.45, 2.75) is 39.0 Å². The van der Waals surface area contributed by atoms with Crippen LogP contribution in [0.3, 0.4) is 0 Å². The summed E-state index contributed by atoms with van der Waals surface area (Å²) >= 11 is 0. The molecule has 1 aromatic heterocycles. The van der Waals surface area contributed by atoms with Gasteiger partial charge in [0.2, 0.25) is 5.89 Å². The fraction of sp³-hybridized carbons (Fsp3) is 0.429. The summed E-state index contributed by atoms with van der Waals surface area (Å²) in [7, 11) is 0. The van der Waals surface area contributed by atoms with Gasteiger partial charge in [0.25, 0.3) is 0 Å².